The first kappa shape index (κ1) is 20.7. The van der Waals surface area contributed by atoms with E-state index in [1.165, 1.54) is 0 Å². The van der Waals surface area contributed by atoms with E-state index >= 15 is 0 Å². The number of nitrogens with two attached hydrogens (primary N) is 1. The predicted octanol–water partition coefficient (Wildman–Crippen LogP) is 2.60. The maximum atomic E-state index is 11.8. The molecule has 0 saturated heterocycles. The lowest BCUT2D eigenvalue weighted by molar-refractivity contribution is -0.155. The molecule has 0 aliphatic rings. The summed E-state index contributed by atoms with van der Waals surface area (Å²) >= 11 is 0. The smallest absolute Gasteiger partial charge is 0.407 e. The zero-order valence-corrected chi connectivity index (χ0v) is 14.8. The summed E-state index contributed by atoms with van der Waals surface area (Å²) in [5.41, 5.74) is 4.71. The van der Waals surface area contributed by atoms with Crippen LogP contribution < -0.4 is 11.1 Å². The van der Waals surface area contributed by atoms with Crippen molar-refractivity contribution in [2.75, 3.05) is 13.1 Å². The molecular weight excluding hydrogens is 284 g/mol. The number of alkyl carbamates (subject to hydrolysis) is 1. The number of nitrogens with one attached hydrogen (secondary N) is 1. The van der Waals surface area contributed by atoms with Crippen molar-refractivity contribution in [2.24, 2.45) is 11.7 Å². The molecule has 6 heteroatoms. The van der Waals surface area contributed by atoms with E-state index in [9.17, 15) is 9.59 Å². The van der Waals surface area contributed by atoms with Crippen molar-refractivity contribution in [3.8, 4) is 0 Å². The first-order valence-corrected chi connectivity index (χ1v) is 7.81. The van der Waals surface area contributed by atoms with Crippen molar-refractivity contribution in [3.05, 3.63) is 0 Å². The molecule has 22 heavy (non-hydrogen) atoms. The number of esters is 1. The average molecular weight is 316 g/mol. The highest BCUT2D eigenvalue weighted by atomic mass is 16.6. The minimum absolute atomic E-state index is 0.0651. The number of carbonyl (C=O) groups is 2. The third kappa shape index (κ3) is 12.4. The highest BCUT2D eigenvalue weighted by Gasteiger charge is 2.20. The molecule has 0 radical (unpaired) electrons. The lowest BCUT2D eigenvalue weighted by atomic mass is 9.99. The molecule has 1 amide bonds. The standard InChI is InChI=1S/C16H32N2O4/c1-15(2,3)21-13(19)10-12(11-17)8-7-9-18-14(20)22-16(4,5)6/h12H,7-11,17H2,1-6H3,(H,18,20)/t12-/m0/s1. The number of ether oxygens (including phenoxy) is 2. The molecule has 0 aliphatic heterocycles. The van der Waals surface area contributed by atoms with E-state index in [4.69, 9.17) is 15.2 Å². The van der Waals surface area contributed by atoms with Crippen molar-refractivity contribution in [2.45, 2.75) is 72.0 Å². The van der Waals surface area contributed by atoms with Crippen LogP contribution in [-0.2, 0) is 14.3 Å². The van der Waals surface area contributed by atoms with Gasteiger partial charge in [0.2, 0.25) is 0 Å². The number of hydrogen-bond acceptors (Lipinski definition) is 5. The molecule has 130 valence electrons. The van der Waals surface area contributed by atoms with Crippen LogP contribution in [0, 0.1) is 5.92 Å². The fourth-order valence-corrected chi connectivity index (χ4v) is 1.82. The van der Waals surface area contributed by atoms with Gasteiger partial charge in [0, 0.05) is 13.0 Å². The van der Waals surface area contributed by atoms with Gasteiger partial charge in [0.25, 0.3) is 0 Å². The Balaban J connectivity index is 3.96. The molecule has 3 N–H and O–H groups in total. The lowest BCUT2D eigenvalue weighted by Crippen LogP contribution is -2.33. The van der Waals surface area contributed by atoms with Crippen molar-refractivity contribution in [1.29, 1.82) is 0 Å². The summed E-state index contributed by atoms with van der Waals surface area (Å²) in [4.78, 5) is 23.2. The third-order valence-corrected chi connectivity index (χ3v) is 2.67. The van der Waals surface area contributed by atoms with Gasteiger partial charge in [-0.3, -0.25) is 4.79 Å². The summed E-state index contributed by atoms with van der Waals surface area (Å²) < 4.78 is 10.4. The Kier molecular flexibility index (Phi) is 8.45. The Hall–Kier alpha value is -1.30. The van der Waals surface area contributed by atoms with Crippen molar-refractivity contribution < 1.29 is 19.1 Å². The van der Waals surface area contributed by atoms with Gasteiger partial charge in [0.15, 0.2) is 0 Å². The van der Waals surface area contributed by atoms with Crippen LogP contribution in [0.3, 0.4) is 0 Å². The fraction of sp³-hybridized carbons (Fsp3) is 0.875. The quantitative estimate of drug-likeness (QED) is 0.556. The van der Waals surface area contributed by atoms with Crippen LogP contribution in [0.4, 0.5) is 4.79 Å². The van der Waals surface area contributed by atoms with Crippen molar-refractivity contribution >= 4 is 12.1 Å². The van der Waals surface area contributed by atoms with Crippen LogP contribution in [0.2, 0.25) is 0 Å². The van der Waals surface area contributed by atoms with E-state index in [0.717, 1.165) is 12.8 Å². The number of hydrogen-bond donors (Lipinski definition) is 2. The Morgan fingerprint density at radius 1 is 1.05 bits per heavy atom. The normalized spacial score (nSPS) is 13.4. The molecule has 0 heterocycles. The molecule has 0 aromatic rings. The van der Waals surface area contributed by atoms with Crippen LogP contribution in [0.5, 0.6) is 0 Å². The second-order valence-electron chi connectivity index (χ2n) is 7.46. The van der Waals surface area contributed by atoms with E-state index in [0.29, 0.717) is 19.5 Å². The van der Waals surface area contributed by atoms with Gasteiger partial charge < -0.3 is 20.5 Å². The second kappa shape index (κ2) is 8.98. The minimum Gasteiger partial charge on any atom is -0.460 e. The molecule has 0 fully saturated rings. The molecule has 0 aliphatic carbocycles. The van der Waals surface area contributed by atoms with Crippen LogP contribution in [0.25, 0.3) is 0 Å². The molecule has 0 rings (SSSR count). The topological polar surface area (TPSA) is 90.6 Å². The second-order valence-corrected chi connectivity index (χ2v) is 7.46. The van der Waals surface area contributed by atoms with Gasteiger partial charge in [-0.1, -0.05) is 0 Å². The van der Waals surface area contributed by atoms with E-state index in [1.807, 2.05) is 41.5 Å². The number of amides is 1. The molecule has 0 spiro atoms. The van der Waals surface area contributed by atoms with Gasteiger partial charge in [-0.25, -0.2) is 4.79 Å². The van der Waals surface area contributed by atoms with Crippen LogP contribution >= 0.6 is 0 Å². The molecule has 0 aromatic heterocycles. The summed E-state index contributed by atoms with van der Waals surface area (Å²) in [5.74, 6) is -0.168. The van der Waals surface area contributed by atoms with Gasteiger partial charge in [-0.15, -0.1) is 0 Å². The number of carbonyl (C=O) groups excluding carboxylic acids is 2. The third-order valence-electron chi connectivity index (χ3n) is 2.67. The summed E-state index contributed by atoms with van der Waals surface area (Å²) in [7, 11) is 0. The maximum absolute atomic E-state index is 11.8. The summed E-state index contributed by atoms with van der Waals surface area (Å²) in [6.45, 7) is 11.9. The lowest BCUT2D eigenvalue weighted by Gasteiger charge is -2.22. The summed E-state index contributed by atoms with van der Waals surface area (Å²) in [6.07, 6.45) is 1.37. The van der Waals surface area contributed by atoms with Crippen LogP contribution in [0.1, 0.15) is 60.8 Å². The molecule has 0 aromatic carbocycles. The Morgan fingerprint density at radius 2 is 1.59 bits per heavy atom. The van der Waals surface area contributed by atoms with Gasteiger partial charge in [-0.05, 0) is 66.8 Å². The monoisotopic (exact) mass is 316 g/mol. The van der Waals surface area contributed by atoms with E-state index in [-0.39, 0.29) is 11.9 Å². The molecular formula is C16H32N2O4. The first-order chi connectivity index (χ1) is 9.93. The summed E-state index contributed by atoms with van der Waals surface area (Å²) in [5, 5.41) is 2.69. The van der Waals surface area contributed by atoms with Crippen LogP contribution in [-0.4, -0.2) is 36.4 Å². The highest BCUT2D eigenvalue weighted by molar-refractivity contribution is 5.70. The minimum atomic E-state index is -0.499. The van der Waals surface area contributed by atoms with Gasteiger partial charge in [-0.2, -0.15) is 0 Å². The first-order valence-electron chi connectivity index (χ1n) is 7.81. The van der Waals surface area contributed by atoms with E-state index < -0.39 is 17.3 Å². The van der Waals surface area contributed by atoms with Gasteiger partial charge in [0.1, 0.15) is 11.2 Å². The SMILES string of the molecule is CC(C)(C)OC(=O)C[C@@H](CN)CCCNC(=O)OC(C)(C)C. The molecule has 0 saturated carbocycles. The molecule has 0 unspecified atom stereocenters. The molecule has 6 nitrogen and oxygen atoms in total. The zero-order chi connectivity index (χ0) is 17.4. The number of rotatable bonds is 7. The predicted molar refractivity (Wildman–Crippen MR) is 86.5 cm³/mol. The Bertz CT molecular complexity index is 356. The van der Waals surface area contributed by atoms with Gasteiger partial charge >= 0.3 is 12.1 Å². The average Bonchev–Trinajstić information content (AvgIpc) is 2.28. The van der Waals surface area contributed by atoms with E-state index in [1.54, 1.807) is 0 Å². The maximum Gasteiger partial charge on any atom is 0.407 e. The molecule has 0 bridgehead atoms. The Morgan fingerprint density at radius 3 is 2.05 bits per heavy atom. The molecule has 1 atom stereocenters. The summed E-state index contributed by atoms with van der Waals surface area (Å²) in [6, 6.07) is 0. The Labute approximate surface area is 134 Å². The highest BCUT2D eigenvalue weighted by Crippen LogP contribution is 2.15. The van der Waals surface area contributed by atoms with Gasteiger partial charge in [0.05, 0.1) is 0 Å². The fourth-order valence-electron chi connectivity index (χ4n) is 1.82. The van der Waals surface area contributed by atoms with E-state index in [2.05, 4.69) is 5.32 Å². The van der Waals surface area contributed by atoms with Crippen molar-refractivity contribution in [3.63, 3.8) is 0 Å². The largest absolute Gasteiger partial charge is 0.460 e. The van der Waals surface area contributed by atoms with Crippen LogP contribution in [0.15, 0.2) is 0 Å². The zero-order valence-electron chi connectivity index (χ0n) is 14.8. The van der Waals surface area contributed by atoms with Crippen molar-refractivity contribution in [1.82, 2.24) is 5.32 Å².